The van der Waals surface area contributed by atoms with Gasteiger partial charge in [-0.3, -0.25) is 4.98 Å². The molecule has 1 N–H and O–H groups in total. The van der Waals surface area contributed by atoms with E-state index in [0.29, 0.717) is 43.8 Å². The summed E-state index contributed by atoms with van der Waals surface area (Å²) < 4.78 is 58.9. The van der Waals surface area contributed by atoms with Crippen LogP contribution in [-0.4, -0.2) is 42.8 Å². The number of aliphatic hydroxyl groups excluding tert-OH is 1. The van der Waals surface area contributed by atoms with Crippen molar-refractivity contribution in [1.29, 1.82) is 0 Å². The summed E-state index contributed by atoms with van der Waals surface area (Å²) in [5.74, 6) is 0.199. The Balaban J connectivity index is 0.000000490. The summed E-state index contributed by atoms with van der Waals surface area (Å²) in [6.07, 6.45) is 4.75. The first-order chi connectivity index (χ1) is 22.3. The first-order valence-electron chi connectivity index (χ1n) is 17.5. The van der Waals surface area contributed by atoms with Crippen LogP contribution in [0.3, 0.4) is 0 Å². The normalized spacial score (nSPS) is 28.4. The highest BCUT2D eigenvalue weighted by atomic mass is 32.1. The van der Waals surface area contributed by atoms with Crippen LogP contribution in [-0.2, 0) is 32.4 Å². The molecule has 0 amide bonds. The highest BCUT2D eigenvalue weighted by Gasteiger charge is 2.56. The standard InChI is InChI=1S/C31H36F3NO4.C6H14.CH4S/c1-18-17-38-14-11-30(18)26-24-22(15-29(9-2-10-29)16-23(24)36)35-27(19-7-12-37-13-8-19)25(26)28(39-30)20-3-5-21(6-4-20)31(32,33)34;1-5-6(2,3)4;1-2/h3-6,18-19,23,28,36H,2,7-17H2,1H3;5H2,1-4H3;2H,1H3. The summed E-state index contributed by atoms with van der Waals surface area (Å²) in [6, 6.07) is 5.39. The lowest BCUT2D eigenvalue weighted by Gasteiger charge is -2.48. The zero-order valence-corrected chi connectivity index (χ0v) is 29.9. The summed E-state index contributed by atoms with van der Waals surface area (Å²) in [4.78, 5) is 5.37. The smallest absolute Gasteiger partial charge is 0.388 e. The second kappa shape index (κ2) is 14.3. The minimum Gasteiger partial charge on any atom is -0.388 e. The third-order valence-electron chi connectivity index (χ3n) is 11.3. The van der Waals surface area contributed by atoms with Gasteiger partial charge < -0.3 is 19.3 Å². The molecule has 3 aliphatic heterocycles. The van der Waals surface area contributed by atoms with Crippen LogP contribution < -0.4 is 0 Å². The minimum absolute atomic E-state index is 0.0188. The van der Waals surface area contributed by atoms with Crippen molar-refractivity contribution in [2.75, 3.05) is 32.7 Å². The van der Waals surface area contributed by atoms with E-state index in [1.54, 1.807) is 18.4 Å². The van der Waals surface area contributed by atoms with Crippen molar-refractivity contribution in [1.82, 2.24) is 4.98 Å². The van der Waals surface area contributed by atoms with Crippen LogP contribution in [0.1, 0.15) is 143 Å². The van der Waals surface area contributed by atoms with Crippen LogP contribution in [0.5, 0.6) is 0 Å². The number of nitrogens with zero attached hydrogens (tertiary/aromatic N) is 1. The first-order valence-corrected chi connectivity index (χ1v) is 18.4. The number of thiol groups is 1. The number of aliphatic hydroxyl groups is 1. The van der Waals surface area contributed by atoms with Crippen LogP contribution in [0, 0.1) is 16.7 Å². The molecule has 47 heavy (non-hydrogen) atoms. The fourth-order valence-corrected chi connectivity index (χ4v) is 8.00. The summed E-state index contributed by atoms with van der Waals surface area (Å²) in [7, 11) is 0. The highest BCUT2D eigenvalue weighted by molar-refractivity contribution is 7.79. The molecule has 4 atom stereocenters. The van der Waals surface area contributed by atoms with E-state index in [0.717, 1.165) is 78.7 Å². The Kier molecular flexibility index (Phi) is 11.1. The molecule has 262 valence electrons. The van der Waals surface area contributed by atoms with Gasteiger partial charge in [-0.2, -0.15) is 25.8 Å². The molecule has 0 bridgehead atoms. The van der Waals surface area contributed by atoms with Crippen molar-refractivity contribution in [3.63, 3.8) is 0 Å². The van der Waals surface area contributed by atoms with Crippen LogP contribution in [0.2, 0.25) is 0 Å². The number of rotatable bonds is 2. The van der Waals surface area contributed by atoms with Crippen molar-refractivity contribution in [3.05, 3.63) is 63.5 Å². The third-order valence-corrected chi connectivity index (χ3v) is 11.3. The molecule has 5 nitrogen and oxygen atoms in total. The molecular weight excluding hydrogens is 623 g/mol. The van der Waals surface area contributed by atoms with E-state index in [-0.39, 0.29) is 17.3 Å². The Morgan fingerprint density at radius 1 is 0.957 bits per heavy atom. The Morgan fingerprint density at radius 3 is 2.13 bits per heavy atom. The average molecular weight is 678 g/mol. The van der Waals surface area contributed by atoms with Gasteiger partial charge in [0.15, 0.2) is 0 Å². The number of hydrogen-bond acceptors (Lipinski definition) is 6. The molecule has 1 saturated carbocycles. The van der Waals surface area contributed by atoms with E-state index in [2.05, 4.69) is 47.2 Å². The van der Waals surface area contributed by atoms with E-state index in [4.69, 9.17) is 19.2 Å². The summed E-state index contributed by atoms with van der Waals surface area (Å²) in [5, 5.41) is 11.7. The average Bonchev–Trinajstić information content (AvgIpc) is 3.37. The Hall–Kier alpha value is -1.65. The van der Waals surface area contributed by atoms with E-state index in [1.807, 2.05) is 0 Å². The number of halogens is 3. The zero-order valence-electron chi connectivity index (χ0n) is 29.0. The number of alkyl halides is 3. The van der Waals surface area contributed by atoms with Gasteiger partial charge in [0.1, 0.15) is 11.7 Å². The molecule has 4 heterocycles. The van der Waals surface area contributed by atoms with Crippen LogP contribution in [0.15, 0.2) is 24.3 Å². The van der Waals surface area contributed by atoms with E-state index in [1.165, 1.54) is 12.8 Å². The number of aromatic nitrogens is 1. The van der Waals surface area contributed by atoms with Crippen LogP contribution >= 0.6 is 12.6 Å². The highest BCUT2D eigenvalue weighted by Crippen LogP contribution is 2.61. The molecule has 2 aliphatic carbocycles. The van der Waals surface area contributed by atoms with Crippen molar-refractivity contribution in [2.45, 2.75) is 122 Å². The molecular formula is C38H54F3NO4S. The molecule has 1 aromatic carbocycles. The monoisotopic (exact) mass is 677 g/mol. The molecule has 5 aliphatic rings. The van der Waals surface area contributed by atoms with Crippen molar-refractivity contribution in [2.24, 2.45) is 16.7 Å². The second-order valence-corrected chi connectivity index (χ2v) is 15.4. The van der Waals surface area contributed by atoms with Gasteiger partial charge in [-0.15, -0.1) is 0 Å². The van der Waals surface area contributed by atoms with Gasteiger partial charge in [0.2, 0.25) is 0 Å². The van der Waals surface area contributed by atoms with Gasteiger partial charge >= 0.3 is 6.18 Å². The fourth-order valence-electron chi connectivity index (χ4n) is 8.00. The molecule has 4 unspecified atom stereocenters. The lowest BCUT2D eigenvalue weighted by molar-refractivity contribution is -0.157. The molecule has 7 rings (SSSR count). The first kappa shape index (κ1) is 36.6. The molecule has 1 aromatic heterocycles. The lowest BCUT2D eigenvalue weighted by Crippen LogP contribution is -2.44. The van der Waals surface area contributed by atoms with Crippen LogP contribution in [0.4, 0.5) is 13.2 Å². The predicted octanol–water partition coefficient (Wildman–Crippen LogP) is 9.50. The molecule has 0 radical (unpaired) electrons. The minimum atomic E-state index is -4.40. The number of pyridine rings is 1. The van der Waals surface area contributed by atoms with Gasteiger partial charge in [-0.05, 0) is 78.9 Å². The van der Waals surface area contributed by atoms with Crippen LogP contribution in [0.25, 0.3) is 0 Å². The van der Waals surface area contributed by atoms with E-state index in [9.17, 15) is 18.3 Å². The molecule has 2 saturated heterocycles. The summed E-state index contributed by atoms with van der Waals surface area (Å²) >= 11 is 3.53. The topological polar surface area (TPSA) is 60.8 Å². The number of fused-ring (bicyclic) bond motifs is 4. The summed E-state index contributed by atoms with van der Waals surface area (Å²) in [5.41, 5.74) is 4.94. The van der Waals surface area contributed by atoms with Gasteiger partial charge in [-0.25, -0.2) is 0 Å². The van der Waals surface area contributed by atoms with Gasteiger partial charge in [0, 0.05) is 54.9 Å². The maximum absolute atomic E-state index is 13.4. The second-order valence-electron chi connectivity index (χ2n) is 15.4. The van der Waals surface area contributed by atoms with E-state index >= 15 is 0 Å². The van der Waals surface area contributed by atoms with Crippen molar-refractivity contribution >= 4 is 12.6 Å². The van der Waals surface area contributed by atoms with E-state index < -0.39 is 29.5 Å². The Labute approximate surface area is 284 Å². The third kappa shape index (κ3) is 7.30. The predicted molar refractivity (Wildman–Crippen MR) is 182 cm³/mol. The lowest BCUT2D eigenvalue weighted by atomic mass is 9.58. The van der Waals surface area contributed by atoms with Gasteiger partial charge in [-0.1, -0.05) is 59.6 Å². The number of hydrogen-bond donors (Lipinski definition) is 2. The quantitative estimate of drug-likeness (QED) is 0.310. The van der Waals surface area contributed by atoms with Gasteiger partial charge in [0.05, 0.1) is 24.0 Å². The maximum Gasteiger partial charge on any atom is 0.416 e. The largest absolute Gasteiger partial charge is 0.416 e. The fraction of sp³-hybridized carbons (Fsp3) is 0.711. The molecule has 2 spiro atoms. The zero-order chi connectivity index (χ0) is 34.2. The number of ether oxygens (including phenoxy) is 3. The number of benzene rings is 1. The summed E-state index contributed by atoms with van der Waals surface area (Å²) in [6.45, 7) is 13.4. The SMILES string of the molecule is CC1COCCC12OC(c1ccc(C(F)(F)F)cc1)c1c(C3CCOCC3)nc3c(c12)C(O)CC1(CCC1)C3.CCC(C)(C)C.CS. The van der Waals surface area contributed by atoms with Gasteiger partial charge in [0.25, 0.3) is 0 Å². The molecule has 3 fully saturated rings. The Bertz CT molecular complexity index is 1360. The Morgan fingerprint density at radius 2 is 1.60 bits per heavy atom. The molecule has 2 aromatic rings. The van der Waals surface area contributed by atoms with Crippen molar-refractivity contribution < 1.29 is 32.5 Å². The van der Waals surface area contributed by atoms with Crippen molar-refractivity contribution in [3.8, 4) is 0 Å². The molecule has 9 heteroatoms. The maximum atomic E-state index is 13.4.